The molecule has 0 aliphatic heterocycles. The Labute approximate surface area is 467 Å². The Morgan fingerprint density at radius 1 is 0.475 bits per heavy atom. The highest BCUT2D eigenvalue weighted by Crippen LogP contribution is 2.64. The third-order valence-electron chi connectivity index (χ3n) is 16.7. The summed E-state index contributed by atoms with van der Waals surface area (Å²) < 4.78 is 7.54. The number of benzene rings is 10. The Hall–Kier alpha value is -9.58. The van der Waals surface area contributed by atoms with Crippen molar-refractivity contribution in [2.24, 2.45) is 0 Å². The van der Waals surface area contributed by atoms with Gasteiger partial charge in [0.05, 0.1) is 16.5 Å². The summed E-state index contributed by atoms with van der Waals surface area (Å²) in [7, 11) is 0. The molecule has 0 amide bonds. The summed E-state index contributed by atoms with van der Waals surface area (Å²) in [5.74, 6) is 1.65. The number of anilines is 5. The number of pyridine rings is 2. The van der Waals surface area contributed by atoms with E-state index in [4.69, 9.17) is 14.4 Å². The lowest BCUT2D eigenvalue weighted by atomic mass is 9.66. The summed E-state index contributed by atoms with van der Waals surface area (Å²) in [5, 5.41) is 10.5. The molecular weight excluding hydrogens is 973 g/mol. The minimum atomic E-state index is -0.857. The van der Waals surface area contributed by atoms with Gasteiger partial charge in [-0.15, -0.1) is 0 Å². The van der Waals surface area contributed by atoms with Gasteiger partial charge in [0.1, 0.15) is 22.8 Å². The lowest BCUT2D eigenvalue weighted by Gasteiger charge is -2.36. The van der Waals surface area contributed by atoms with Crippen molar-refractivity contribution in [3.05, 3.63) is 281 Å². The molecule has 10 aromatic carbocycles. The zero-order valence-electron chi connectivity index (χ0n) is 46.2. The number of rotatable bonds is 9. The van der Waals surface area contributed by atoms with Crippen molar-refractivity contribution >= 4 is 72.2 Å². The molecular formula is C75H60N4O. The lowest BCUT2D eigenvalue weighted by Crippen LogP contribution is -2.29. The minimum absolute atomic E-state index is 0.0553. The second-order valence-corrected chi connectivity index (χ2v) is 22.8. The topological polar surface area (TPSA) is 54.2 Å². The summed E-state index contributed by atoms with van der Waals surface area (Å²) in [6, 6.07) is 80.2. The van der Waals surface area contributed by atoms with E-state index in [0.717, 1.165) is 128 Å². The minimum Gasteiger partial charge on any atom is -0.455 e. The average Bonchev–Trinajstić information content (AvgIpc) is 4.24. The first kappa shape index (κ1) is 48.8. The van der Waals surface area contributed by atoms with Gasteiger partial charge >= 0.3 is 0 Å². The van der Waals surface area contributed by atoms with Crippen LogP contribution in [0.5, 0.6) is 0 Å². The van der Waals surface area contributed by atoms with Gasteiger partial charge in [0.25, 0.3) is 0 Å². The number of furan rings is 1. The van der Waals surface area contributed by atoms with Crippen LogP contribution in [0.1, 0.15) is 70.8 Å². The molecule has 0 atom stereocenters. The van der Waals surface area contributed by atoms with E-state index in [9.17, 15) is 0 Å². The maximum Gasteiger partial charge on any atom is 0.145 e. The van der Waals surface area contributed by atoms with Crippen molar-refractivity contribution in [2.45, 2.75) is 59.3 Å². The first-order valence-corrected chi connectivity index (χ1v) is 27.8. The van der Waals surface area contributed by atoms with Gasteiger partial charge in [-0.05, 0) is 170 Å². The van der Waals surface area contributed by atoms with E-state index >= 15 is 0 Å². The Bertz CT molecular complexity index is 4550. The second-order valence-electron chi connectivity index (χ2n) is 22.8. The van der Waals surface area contributed by atoms with Crippen molar-refractivity contribution in [2.75, 3.05) is 10.2 Å². The molecule has 0 saturated carbocycles. The first-order chi connectivity index (χ1) is 39.0. The number of aromatic nitrogens is 2. The third kappa shape index (κ3) is 7.67. The predicted octanol–water partition coefficient (Wildman–Crippen LogP) is 20.1. The molecule has 5 heteroatoms. The van der Waals surface area contributed by atoms with E-state index in [0.29, 0.717) is 0 Å². The van der Waals surface area contributed by atoms with Gasteiger partial charge in [-0.25, -0.2) is 9.97 Å². The molecule has 0 radical (unpaired) electrons. The number of fused-ring (bicyclic) bond motifs is 12. The SMILES string of the molecule is Cc1cnc(Nc2ccc3c4c(c5ccccc5c3c2)-c2c(cc(N(c3ccc(C(C)(C)C)cc3)c3ncc(C)cc3-c3ccccc3C)c3c2oc2ccccc23)C4(c2ccccc2)c2ccccc2)c(-c2ccccc2C)c1. The normalized spacial score (nSPS) is 12.8. The third-order valence-corrected chi connectivity index (χ3v) is 16.7. The Morgan fingerprint density at radius 3 is 1.71 bits per heavy atom. The van der Waals surface area contributed by atoms with Gasteiger partial charge in [0.2, 0.25) is 0 Å². The molecule has 0 fully saturated rings. The van der Waals surface area contributed by atoms with Crippen molar-refractivity contribution < 1.29 is 4.42 Å². The molecule has 3 aromatic heterocycles. The number of nitrogens with one attached hydrogen (secondary N) is 1. The van der Waals surface area contributed by atoms with E-state index in [1.54, 1.807) is 0 Å². The fourth-order valence-electron chi connectivity index (χ4n) is 13.0. The first-order valence-electron chi connectivity index (χ1n) is 27.8. The molecule has 1 aliphatic carbocycles. The van der Waals surface area contributed by atoms with Gasteiger partial charge in [-0.3, -0.25) is 4.90 Å². The highest BCUT2D eigenvalue weighted by atomic mass is 16.3. The Kier molecular flexibility index (Phi) is 11.5. The largest absolute Gasteiger partial charge is 0.455 e. The Morgan fingerprint density at radius 2 is 1.05 bits per heavy atom. The quantitative estimate of drug-likeness (QED) is 0.146. The standard InChI is InChI=1S/C75H60N4O/c1-46-40-62(55-28-16-14-22-48(55)3)72(76-44-46)78-53-36-39-59-61(42-53)57-30-18-19-31-58(57)68-69-64(75(70(59)68,51-24-10-8-11-25-51)52-26-12-9-13-27-52)43-65(67-60-32-20-21-33-66(60)80-71(67)69)79(54-37-34-50(35-38-54)74(5,6)7)73-63(41-47(2)45-77-73)56-29-17-15-23-49(56)4/h8-45H,1-7H3,(H,76,78). The highest BCUT2D eigenvalue weighted by molar-refractivity contribution is 6.26. The molecule has 0 saturated heterocycles. The fourth-order valence-corrected chi connectivity index (χ4v) is 13.0. The molecule has 14 rings (SSSR count). The molecule has 1 aliphatic rings. The van der Waals surface area contributed by atoms with Crippen LogP contribution in [0, 0.1) is 27.7 Å². The fraction of sp³-hybridized carbons (Fsp3) is 0.120. The molecule has 0 bridgehead atoms. The van der Waals surface area contributed by atoms with Gasteiger partial charge in [-0.2, -0.15) is 0 Å². The average molecular weight is 1030 g/mol. The zero-order chi connectivity index (χ0) is 54.4. The number of nitrogens with zero attached hydrogens (tertiary/aromatic N) is 3. The monoisotopic (exact) mass is 1030 g/mol. The number of para-hydroxylation sites is 1. The van der Waals surface area contributed by atoms with Gasteiger partial charge < -0.3 is 9.73 Å². The molecule has 386 valence electrons. The molecule has 80 heavy (non-hydrogen) atoms. The maximum atomic E-state index is 7.54. The highest BCUT2D eigenvalue weighted by Gasteiger charge is 2.50. The van der Waals surface area contributed by atoms with Crippen LogP contribution in [0.15, 0.2) is 235 Å². The van der Waals surface area contributed by atoms with Crippen LogP contribution in [0.2, 0.25) is 0 Å². The van der Waals surface area contributed by atoms with Gasteiger partial charge in [0, 0.05) is 45.8 Å². The van der Waals surface area contributed by atoms with Gasteiger partial charge in [-0.1, -0.05) is 191 Å². The molecule has 0 spiro atoms. The molecule has 1 N–H and O–H groups in total. The number of hydrogen-bond donors (Lipinski definition) is 1. The number of hydrogen-bond acceptors (Lipinski definition) is 5. The van der Waals surface area contributed by atoms with Crippen LogP contribution in [0.3, 0.4) is 0 Å². The van der Waals surface area contributed by atoms with E-state index in [-0.39, 0.29) is 5.41 Å². The van der Waals surface area contributed by atoms with E-state index in [1.165, 1.54) is 27.8 Å². The zero-order valence-corrected chi connectivity index (χ0v) is 46.2. The van der Waals surface area contributed by atoms with Crippen molar-refractivity contribution in [1.82, 2.24) is 9.97 Å². The van der Waals surface area contributed by atoms with E-state index < -0.39 is 5.41 Å². The van der Waals surface area contributed by atoms with Crippen LogP contribution in [-0.4, -0.2) is 9.97 Å². The van der Waals surface area contributed by atoms with Crippen LogP contribution in [-0.2, 0) is 10.8 Å². The summed E-state index contributed by atoms with van der Waals surface area (Å²) in [5.41, 5.74) is 20.9. The number of aryl methyl sites for hydroxylation is 4. The molecule has 3 heterocycles. The van der Waals surface area contributed by atoms with Crippen LogP contribution in [0.25, 0.3) is 76.9 Å². The van der Waals surface area contributed by atoms with Crippen molar-refractivity contribution in [3.63, 3.8) is 0 Å². The maximum absolute atomic E-state index is 7.54. The molecule has 13 aromatic rings. The molecule has 0 unspecified atom stereocenters. The van der Waals surface area contributed by atoms with E-state index in [2.05, 4.69) is 277 Å². The van der Waals surface area contributed by atoms with Crippen molar-refractivity contribution in [1.29, 1.82) is 0 Å². The Balaban J connectivity index is 1.13. The summed E-state index contributed by atoms with van der Waals surface area (Å²) in [4.78, 5) is 13.0. The van der Waals surface area contributed by atoms with Crippen LogP contribution < -0.4 is 10.2 Å². The summed E-state index contributed by atoms with van der Waals surface area (Å²) >= 11 is 0. The molecule has 5 nitrogen and oxygen atoms in total. The second kappa shape index (κ2) is 18.8. The summed E-state index contributed by atoms with van der Waals surface area (Å²) in [6.45, 7) is 15.4. The lowest BCUT2D eigenvalue weighted by molar-refractivity contribution is 0.590. The van der Waals surface area contributed by atoms with E-state index in [1.807, 2.05) is 12.4 Å². The summed E-state index contributed by atoms with van der Waals surface area (Å²) in [6.07, 6.45) is 3.96. The van der Waals surface area contributed by atoms with Gasteiger partial charge in [0.15, 0.2) is 0 Å². The smallest absolute Gasteiger partial charge is 0.145 e. The predicted molar refractivity (Wildman–Crippen MR) is 335 cm³/mol. The van der Waals surface area contributed by atoms with Crippen LogP contribution >= 0.6 is 0 Å². The van der Waals surface area contributed by atoms with Crippen molar-refractivity contribution in [3.8, 4) is 33.4 Å². The van der Waals surface area contributed by atoms with Crippen LogP contribution in [0.4, 0.5) is 28.7 Å².